The largest absolute Gasteiger partial charge is 0.464 e. The normalized spacial score (nSPS) is 28.2. The van der Waals surface area contributed by atoms with Crippen LogP contribution in [0.1, 0.15) is 39.2 Å². The lowest BCUT2D eigenvalue weighted by molar-refractivity contribution is -0.149. The second kappa shape index (κ2) is 5.52. The number of halogens is 1. The monoisotopic (exact) mass is 280 g/mol. The van der Waals surface area contributed by atoms with Crippen LogP contribution in [0.3, 0.4) is 0 Å². The summed E-state index contributed by atoms with van der Waals surface area (Å²) >= 11 is 0. The molecule has 0 radical (unpaired) electrons. The van der Waals surface area contributed by atoms with E-state index in [1.165, 1.54) is 12.1 Å². The average molecular weight is 280 g/mol. The van der Waals surface area contributed by atoms with Gasteiger partial charge in [-0.15, -0.1) is 0 Å². The standard InChI is InChI=1S/C16H21FO3/c1-4-9-16(14(18)19-5-2)15(3,20-16)11-12-7-6-8-13(17)10-12/h6-8,10H,4-5,9,11H2,1-3H3. The van der Waals surface area contributed by atoms with Gasteiger partial charge in [-0.05, 0) is 38.0 Å². The van der Waals surface area contributed by atoms with Crippen LogP contribution in [0.5, 0.6) is 0 Å². The van der Waals surface area contributed by atoms with Crippen LogP contribution in [0.15, 0.2) is 24.3 Å². The predicted octanol–water partition coefficient (Wildman–Crippen LogP) is 3.26. The smallest absolute Gasteiger partial charge is 0.341 e. The van der Waals surface area contributed by atoms with E-state index in [9.17, 15) is 9.18 Å². The van der Waals surface area contributed by atoms with Gasteiger partial charge in [-0.1, -0.05) is 25.5 Å². The van der Waals surface area contributed by atoms with Crippen molar-refractivity contribution < 1.29 is 18.7 Å². The molecule has 2 atom stereocenters. The van der Waals surface area contributed by atoms with Crippen molar-refractivity contribution in [2.45, 2.75) is 51.2 Å². The van der Waals surface area contributed by atoms with Crippen molar-refractivity contribution in [1.29, 1.82) is 0 Å². The van der Waals surface area contributed by atoms with Crippen LogP contribution in [0.4, 0.5) is 4.39 Å². The Morgan fingerprint density at radius 2 is 2.15 bits per heavy atom. The van der Waals surface area contributed by atoms with Crippen LogP contribution in [0.25, 0.3) is 0 Å². The summed E-state index contributed by atoms with van der Waals surface area (Å²) in [7, 11) is 0. The van der Waals surface area contributed by atoms with E-state index in [4.69, 9.17) is 9.47 Å². The molecule has 0 aromatic heterocycles. The molecule has 1 heterocycles. The molecule has 20 heavy (non-hydrogen) atoms. The maximum absolute atomic E-state index is 13.3. The highest BCUT2D eigenvalue weighted by Crippen LogP contribution is 2.53. The Morgan fingerprint density at radius 3 is 2.75 bits per heavy atom. The molecule has 1 fully saturated rings. The molecule has 1 aliphatic heterocycles. The second-order valence-corrected chi connectivity index (χ2v) is 5.44. The number of hydrogen-bond donors (Lipinski definition) is 0. The van der Waals surface area contributed by atoms with Crippen molar-refractivity contribution in [3.63, 3.8) is 0 Å². The van der Waals surface area contributed by atoms with Crippen molar-refractivity contribution in [2.75, 3.05) is 6.61 Å². The summed E-state index contributed by atoms with van der Waals surface area (Å²) in [6.07, 6.45) is 1.96. The molecule has 1 aliphatic rings. The quantitative estimate of drug-likeness (QED) is 0.593. The highest BCUT2D eigenvalue weighted by Gasteiger charge is 2.71. The summed E-state index contributed by atoms with van der Waals surface area (Å²) in [5.74, 6) is -0.579. The summed E-state index contributed by atoms with van der Waals surface area (Å²) in [6.45, 7) is 6.02. The Hall–Kier alpha value is -1.42. The molecule has 0 N–H and O–H groups in total. The lowest BCUT2D eigenvalue weighted by atomic mass is 9.85. The van der Waals surface area contributed by atoms with Gasteiger partial charge >= 0.3 is 5.97 Å². The first kappa shape index (κ1) is 15.0. The minimum absolute atomic E-state index is 0.274. The van der Waals surface area contributed by atoms with E-state index in [1.807, 2.05) is 19.9 Å². The summed E-state index contributed by atoms with van der Waals surface area (Å²) in [5, 5.41) is 0. The van der Waals surface area contributed by atoms with Crippen LogP contribution < -0.4 is 0 Å². The van der Waals surface area contributed by atoms with E-state index in [-0.39, 0.29) is 11.8 Å². The fraction of sp³-hybridized carbons (Fsp3) is 0.562. The van der Waals surface area contributed by atoms with Gasteiger partial charge in [-0.25, -0.2) is 9.18 Å². The molecule has 2 rings (SSSR count). The summed E-state index contributed by atoms with van der Waals surface area (Å²) in [4.78, 5) is 12.2. The number of epoxide rings is 1. The molecule has 1 aromatic rings. The van der Waals surface area contributed by atoms with Gasteiger partial charge in [0.05, 0.1) is 6.61 Å². The third-order valence-electron chi connectivity index (χ3n) is 3.85. The first-order valence-corrected chi connectivity index (χ1v) is 7.09. The van der Waals surface area contributed by atoms with Gasteiger partial charge in [-0.3, -0.25) is 0 Å². The van der Waals surface area contributed by atoms with Gasteiger partial charge < -0.3 is 9.47 Å². The van der Waals surface area contributed by atoms with Gasteiger partial charge in [-0.2, -0.15) is 0 Å². The predicted molar refractivity (Wildman–Crippen MR) is 73.9 cm³/mol. The Bertz CT molecular complexity index is 502. The van der Waals surface area contributed by atoms with Crippen LogP contribution in [0.2, 0.25) is 0 Å². The van der Waals surface area contributed by atoms with Crippen LogP contribution in [0, 0.1) is 5.82 Å². The number of carbonyl (C=O) groups excluding carboxylic acids is 1. The van der Waals surface area contributed by atoms with Crippen molar-refractivity contribution in [3.8, 4) is 0 Å². The topological polar surface area (TPSA) is 38.8 Å². The zero-order valence-electron chi connectivity index (χ0n) is 12.2. The molecule has 0 amide bonds. The molecular formula is C16H21FO3. The van der Waals surface area contributed by atoms with E-state index in [0.717, 1.165) is 12.0 Å². The number of ether oxygens (including phenoxy) is 2. The highest BCUT2D eigenvalue weighted by molar-refractivity contribution is 5.85. The molecule has 1 saturated heterocycles. The van der Waals surface area contributed by atoms with E-state index in [0.29, 0.717) is 19.4 Å². The molecule has 2 unspecified atom stereocenters. The first-order valence-electron chi connectivity index (χ1n) is 7.09. The molecule has 0 aliphatic carbocycles. The van der Waals surface area contributed by atoms with Crippen molar-refractivity contribution in [2.24, 2.45) is 0 Å². The van der Waals surface area contributed by atoms with E-state index in [2.05, 4.69) is 0 Å². The molecule has 0 spiro atoms. The molecule has 4 heteroatoms. The first-order chi connectivity index (χ1) is 9.47. The zero-order valence-corrected chi connectivity index (χ0v) is 12.2. The van der Waals surface area contributed by atoms with E-state index >= 15 is 0 Å². The highest BCUT2D eigenvalue weighted by atomic mass is 19.1. The third kappa shape index (κ3) is 2.57. The van der Waals surface area contributed by atoms with Gasteiger partial charge in [0.2, 0.25) is 0 Å². The average Bonchev–Trinajstić information content (AvgIpc) is 2.95. The Labute approximate surface area is 119 Å². The molecule has 0 bridgehead atoms. The van der Waals surface area contributed by atoms with E-state index in [1.54, 1.807) is 13.0 Å². The SMILES string of the molecule is CCCC1(C(=O)OCC)OC1(C)Cc1cccc(F)c1. The Morgan fingerprint density at radius 1 is 1.40 bits per heavy atom. The molecule has 3 nitrogen and oxygen atoms in total. The van der Waals surface area contributed by atoms with Gasteiger partial charge in [0.1, 0.15) is 11.4 Å². The summed E-state index contributed by atoms with van der Waals surface area (Å²) < 4.78 is 24.2. The maximum Gasteiger partial charge on any atom is 0.341 e. The fourth-order valence-electron chi connectivity index (χ4n) is 2.85. The number of rotatable bonds is 6. The van der Waals surface area contributed by atoms with Crippen LogP contribution in [-0.4, -0.2) is 23.8 Å². The van der Waals surface area contributed by atoms with Crippen molar-refractivity contribution in [1.82, 2.24) is 0 Å². The third-order valence-corrected chi connectivity index (χ3v) is 3.85. The molecule has 0 saturated carbocycles. The summed E-state index contributed by atoms with van der Waals surface area (Å²) in [6, 6.07) is 6.40. The van der Waals surface area contributed by atoms with Gasteiger partial charge in [0, 0.05) is 6.42 Å². The Balaban J connectivity index is 2.16. The van der Waals surface area contributed by atoms with Crippen LogP contribution in [-0.2, 0) is 20.7 Å². The zero-order chi connectivity index (χ0) is 14.8. The maximum atomic E-state index is 13.3. The van der Waals surface area contributed by atoms with Crippen LogP contribution >= 0.6 is 0 Å². The lowest BCUT2D eigenvalue weighted by Crippen LogP contribution is -2.35. The lowest BCUT2D eigenvalue weighted by Gasteiger charge is -2.15. The minimum Gasteiger partial charge on any atom is -0.464 e. The molecule has 110 valence electrons. The minimum atomic E-state index is -0.871. The number of carbonyl (C=O) groups is 1. The Kier molecular flexibility index (Phi) is 4.14. The van der Waals surface area contributed by atoms with Crippen molar-refractivity contribution in [3.05, 3.63) is 35.6 Å². The number of hydrogen-bond acceptors (Lipinski definition) is 3. The number of benzene rings is 1. The number of esters is 1. The van der Waals surface area contributed by atoms with Gasteiger partial charge in [0.15, 0.2) is 5.60 Å². The fourth-order valence-corrected chi connectivity index (χ4v) is 2.85. The summed E-state index contributed by atoms with van der Waals surface area (Å²) in [5.41, 5.74) is -0.651. The molecular weight excluding hydrogens is 259 g/mol. The second-order valence-electron chi connectivity index (χ2n) is 5.44. The molecule has 1 aromatic carbocycles. The van der Waals surface area contributed by atoms with Crippen molar-refractivity contribution >= 4 is 5.97 Å². The van der Waals surface area contributed by atoms with Gasteiger partial charge in [0.25, 0.3) is 0 Å². The van der Waals surface area contributed by atoms with E-state index < -0.39 is 11.2 Å².